The van der Waals surface area contributed by atoms with Crippen LogP contribution in [0.25, 0.3) is 5.57 Å². The van der Waals surface area contributed by atoms with E-state index in [1.165, 1.54) is 0 Å². The van der Waals surface area contributed by atoms with E-state index in [9.17, 15) is 4.79 Å². The zero-order chi connectivity index (χ0) is 19.1. The van der Waals surface area contributed by atoms with Crippen molar-refractivity contribution in [3.05, 3.63) is 65.7 Å². The molecule has 0 aliphatic heterocycles. The summed E-state index contributed by atoms with van der Waals surface area (Å²) in [5.74, 6) is 1.39. The summed E-state index contributed by atoms with van der Waals surface area (Å²) in [6.45, 7) is 6.56. The van der Waals surface area contributed by atoms with Crippen molar-refractivity contribution in [2.45, 2.75) is 33.4 Å². The normalized spacial score (nSPS) is 11.4. The molecule has 0 radical (unpaired) electrons. The number of carbonyl (C=O) groups excluding carboxylic acids is 1. The summed E-state index contributed by atoms with van der Waals surface area (Å²) in [6.07, 6.45) is 1.67. The number of rotatable bonds is 7. The zero-order valence-corrected chi connectivity index (χ0v) is 16.2. The first kappa shape index (κ1) is 19.6. The maximum Gasteiger partial charge on any atom is 0.247 e. The number of hydrogen-bond donors (Lipinski definition) is 0. The Morgan fingerprint density at radius 3 is 2.35 bits per heavy atom. The molecule has 0 atom stereocenters. The van der Waals surface area contributed by atoms with E-state index in [1.54, 1.807) is 20.3 Å². The van der Waals surface area contributed by atoms with Crippen LogP contribution in [-0.4, -0.2) is 31.1 Å². The first-order valence-corrected chi connectivity index (χ1v) is 8.71. The summed E-state index contributed by atoms with van der Waals surface area (Å²) >= 11 is 0. The minimum Gasteiger partial charge on any atom is -0.497 e. The molecule has 0 unspecified atom stereocenters. The van der Waals surface area contributed by atoms with Crippen LogP contribution in [-0.2, 0) is 11.3 Å². The van der Waals surface area contributed by atoms with Gasteiger partial charge in [0.05, 0.1) is 14.2 Å². The van der Waals surface area contributed by atoms with Gasteiger partial charge in [-0.25, -0.2) is 0 Å². The SMILES string of the molecule is COc1ccc(/C(C)=C/C(=O)N(Cc2ccccc2)C(C)C)c(OC)c1. The second-order valence-electron chi connectivity index (χ2n) is 6.44. The van der Waals surface area contributed by atoms with E-state index in [0.717, 1.165) is 22.4 Å². The second kappa shape index (κ2) is 9.09. The Morgan fingerprint density at radius 2 is 1.77 bits per heavy atom. The van der Waals surface area contributed by atoms with Crippen LogP contribution in [0.5, 0.6) is 11.5 Å². The predicted octanol–water partition coefficient (Wildman–Crippen LogP) is 4.54. The molecular weight excluding hydrogens is 326 g/mol. The van der Waals surface area contributed by atoms with E-state index in [4.69, 9.17) is 9.47 Å². The molecule has 2 aromatic carbocycles. The molecule has 0 aliphatic carbocycles. The molecule has 0 spiro atoms. The van der Waals surface area contributed by atoms with Crippen molar-refractivity contribution in [2.75, 3.05) is 14.2 Å². The molecule has 0 aliphatic rings. The Labute approximate surface area is 156 Å². The molecule has 0 bridgehead atoms. The molecule has 26 heavy (non-hydrogen) atoms. The summed E-state index contributed by atoms with van der Waals surface area (Å²) in [7, 11) is 3.23. The molecule has 0 aromatic heterocycles. The van der Waals surface area contributed by atoms with Crippen LogP contribution in [0.4, 0.5) is 0 Å². The van der Waals surface area contributed by atoms with Gasteiger partial charge in [-0.15, -0.1) is 0 Å². The van der Waals surface area contributed by atoms with Gasteiger partial charge >= 0.3 is 0 Å². The molecule has 0 fully saturated rings. The molecule has 0 saturated heterocycles. The molecule has 2 aromatic rings. The standard InChI is InChI=1S/C22H27NO3/c1-16(2)23(15-18-9-7-6-8-10-18)22(24)13-17(3)20-12-11-19(25-4)14-21(20)26-5/h6-14,16H,15H2,1-5H3/b17-13+. The summed E-state index contributed by atoms with van der Waals surface area (Å²) in [4.78, 5) is 14.7. The number of benzene rings is 2. The monoisotopic (exact) mass is 353 g/mol. The van der Waals surface area contributed by atoms with E-state index < -0.39 is 0 Å². The van der Waals surface area contributed by atoms with Crippen LogP contribution in [0.1, 0.15) is 31.9 Å². The Balaban J connectivity index is 2.26. The van der Waals surface area contributed by atoms with Gasteiger partial charge in [0.1, 0.15) is 11.5 Å². The topological polar surface area (TPSA) is 38.8 Å². The lowest BCUT2D eigenvalue weighted by atomic mass is 10.0. The Kier molecular flexibility index (Phi) is 6.84. The van der Waals surface area contributed by atoms with Gasteiger partial charge in [-0.3, -0.25) is 4.79 Å². The smallest absolute Gasteiger partial charge is 0.247 e. The lowest BCUT2D eigenvalue weighted by molar-refractivity contribution is -0.128. The molecule has 1 amide bonds. The highest BCUT2D eigenvalue weighted by molar-refractivity contribution is 5.95. The third-order valence-corrected chi connectivity index (χ3v) is 4.28. The van der Waals surface area contributed by atoms with Crippen molar-refractivity contribution in [3.63, 3.8) is 0 Å². The molecular formula is C22H27NO3. The molecule has 138 valence electrons. The van der Waals surface area contributed by atoms with Crippen molar-refractivity contribution in [1.82, 2.24) is 4.90 Å². The van der Waals surface area contributed by atoms with Crippen LogP contribution in [0.2, 0.25) is 0 Å². The molecule has 4 heteroatoms. The van der Waals surface area contributed by atoms with Gasteiger partial charge in [0.15, 0.2) is 0 Å². The molecule has 0 heterocycles. The van der Waals surface area contributed by atoms with E-state index >= 15 is 0 Å². The van der Waals surface area contributed by atoms with Crippen LogP contribution < -0.4 is 9.47 Å². The number of nitrogens with zero attached hydrogens (tertiary/aromatic N) is 1. The third kappa shape index (κ3) is 4.88. The van der Waals surface area contributed by atoms with Crippen molar-refractivity contribution < 1.29 is 14.3 Å². The minimum atomic E-state index is -0.0146. The van der Waals surface area contributed by atoms with Crippen LogP contribution in [0.3, 0.4) is 0 Å². The van der Waals surface area contributed by atoms with E-state index in [2.05, 4.69) is 0 Å². The van der Waals surface area contributed by atoms with E-state index in [1.807, 2.05) is 74.2 Å². The van der Waals surface area contributed by atoms with Crippen molar-refractivity contribution in [1.29, 1.82) is 0 Å². The van der Waals surface area contributed by atoms with Crippen molar-refractivity contribution in [2.24, 2.45) is 0 Å². The fourth-order valence-corrected chi connectivity index (χ4v) is 2.77. The summed E-state index contributed by atoms with van der Waals surface area (Å²) < 4.78 is 10.7. The maximum atomic E-state index is 12.9. The predicted molar refractivity (Wildman–Crippen MR) is 105 cm³/mol. The lowest BCUT2D eigenvalue weighted by Crippen LogP contribution is -2.35. The molecule has 0 saturated carbocycles. The highest BCUT2D eigenvalue weighted by atomic mass is 16.5. The highest BCUT2D eigenvalue weighted by Gasteiger charge is 2.17. The van der Waals surface area contributed by atoms with Crippen molar-refractivity contribution >= 4 is 11.5 Å². The maximum absolute atomic E-state index is 12.9. The summed E-state index contributed by atoms with van der Waals surface area (Å²) in [5.41, 5.74) is 2.85. The van der Waals surface area contributed by atoms with Crippen molar-refractivity contribution in [3.8, 4) is 11.5 Å². The van der Waals surface area contributed by atoms with Gasteiger partial charge < -0.3 is 14.4 Å². The fourth-order valence-electron chi connectivity index (χ4n) is 2.77. The molecule has 2 rings (SSSR count). The number of methoxy groups -OCH3 is 2. The Morgan fingerprint density at radius 1 is 1.08 bits per heavy atom. The molecule has 0 N–H and O–H groups in total. The second-order valence-corrected chi connectivity index (χ2v) is 6.44. The zero-order valence-electron chi connectivity index (χ0n) is 16.2. The van der Waals surface area contributed by atoms with Crippen LogP contribution >= 0.6 is 0 Å². The van der Waals surface area contributed by atoms with Gasteiger partial charge in [0.25, 0.3) is 0 Å². The first-order valence-electron chi connectivity index (χ1n) is 8.71. The Bertz CT molecular complexity index is 766. The molecule has 4 nitrogen and oxygen atoms in total. The third-order valence-electron chi connectivity index (χ3n) is 4.28. The quantitative estimate of drug-likeness (QED) is 0.686. The largest absolute Gasteiger partial charge is 0.497 e. The average molecular weight is 353 g/mol. The number of carbonyl (C=O) groups is 1. The van der Waals surface area contributed by atoms with Gasteiger partial charge in [-0.2, -0.15) is 0 Å². The van der Waals surface area contributed by atoms with Gasteiger partial charge in [-0.05, 0) is 44.0 Å². The summed E-state index contributed by atoms with van der Waals surface area (Å²) in [6, 6.07) is 15.7. The lowest BCUT2D eigenvalue weighted by Gasteiger charge is -2.26. The van der Waals surface area contributed by atoms with Gasteiger partial charge in [0.2, 0.25) is 5.91 Å². The van der Waals surface area contributed by atoms with Gasteiger partial charge in [0, 0.05) is 30.3 Å². The van der Waals surface area contributed by atoms with Crippen LogP contribution in [0.15, 0.2) is 54.6 Å². The van der Waals surface area contributed by atoms with E-state index in [-0.39, 0.29) is 11.9 Å². The number of amides is 1. The van der Waals surface area contributed by atoms with Gasteiger partial charge in [-0.1, -0.05) is 30.3 Å². The summed E-state index contributed by atoms with van der Waals surface area (Å²) in [5, 5.41) is 0. The van der Waals surface area contributed by atoms with Crippen LogP contribution in [0, 0.1) is 0 Å². The highest BCUT2D eigenvalue weighted by Crippen LogP contribution is 2.30. The number of allylic oxidation sites excluding steroid dienone is 1. The number of hydrogen-bond acceptors (Lipinski definition) is 3. The van der Waals surface area contributed by atoms with E-state index in [0.29, 0.717) is 12.3 Å². The first-order chi connectivity index (χ1) is 12.5. The fraction of sp³-hybridized carbons (Fsp3) is 0.318. The minimum absolute atomic E-state index is 0.0146. The Hall–Kier alpha value is -2.75. The number of ether oxygens (including phenoxy) is 2. The average Bonchev–Trinajstić information content (AvgIpc) is 2.65.